The van der Waals surface area contributed by atoms with E-state index in [0.717, 1.165) is 10.5 Å². The number of fused-ring (bicyclic) bond motifs is 2. The molecule has 5 rings (SSSR count). The van der Waals surface area contributed by atoms with Gasteiger partial charge in [0, 0.05) is 50.4 Å². The van der Waals surface area contributed by atoms with Crippen LogP contribution in [0, 0.1) is 5.82 Å². The smallest absolute Gasteiger partial charge is 0.418 e. The largest absolute Gasteiger partial charge is 0.427 e. The highest BCUT2D eigenvalue weighted by Gasteiger charge is 2.58. The topological polar surface area (TPSA) is 145 Å². The van der Waals surface area contributed by atoms with Gasteiger partial charge in [-0.3, -0.25) is 14.5 Å². The first-order valence-electron chi connectivity index (χ1n) is 13.1. The molecule has 14 heteroatoms. The lowest BCUT2D eigenvalue weighted by Crippen LogP contribution is -2.48. The van der Waals surface area contributed by atoms with Crippen molar-refractivity contribution in [3.05, 3.63) is 65.0 Å². The number of imide groups is 1. The predicted octanol–water partition coefficient (Wildman–Crippen LogP) is 1.37. The van der Waals surface area contributed by atoms with E-state index in [1.54, 1.807) is 35.2 Å². The quantitative estimate of drug-likeness (QED) is 0.393. The van der Waals surface area contributed by atoms with E-state index in [9.17, 15) is 32.0 Å². The maximum atomic E-state index is 13.7. The third-order valence-corrected chi connectivity index (χ3v) is 8.36. The minimum Gasteiger partial charge on any atom is -0.427 e. The summed E-state index contributed by atoms with van der Waals surface area (Å²) >= 11 is 0. The zero-order valence-corrected chi connectivity index (χ0v) is 23.2. The van der Waals surface area contributed by atoms with Crippen molar-refractivity contribution in [3.63, 3.8) is 0 Å². The minimum atomic E-state index is -2.63. The average molecular weight is 588 g/mol. The molecule has 2 saturated heterocycles. The van der Waals surface area contributed by atoms with Crippen LogP contribution in [-0.2, 0) is 43.6 Å². The van der Waals surface area contributed by atoms with Gasteiger partial charge in [-0.2, -0.15) is 0 Å². The first-order valence-corrected chi connectivity index (χ1v) is 14.5. The Morgan fingerprint density at radius 1 is 1.17 bits per heavy atom. The molecule has 2 heterocycles. The summed E-state index contributed by atoms with van der Waals surface area (Å²) in [4.78, 5) is 56.0. The van der Waals surface area contributed by atoms with Crippen molar-refractivity contribution in [2.24, 2.45) is 0 Å². The fraction of sp³-hybridized carbons (Fsp3) is 0.407. The molecule has 12 nitrogen and oxygen atoms in total. The number of likely N-dealkylation sites (tertiary alicyclic amines) is 1. The zero-order chi connectivity index (χ0) is 29.3. The molecule has 0 bridgehead atoms. The van der Waals surface area contributed by atoms with Crippen LogP contribution in [0.1, 0.15) is 29.5 Å². The van der Waals surface area contributed by atoms with Crippen molar-refractivity contribution in [2.45, 2.75) is 37.5 Å². The van der Waals surface area contributed by atoms with Crippen LogP contribution in [0.15, 0.2) is 42.5 Å². The van der Waals surface area contributed by atoms with E-state index in [1.807, 2.05) is 0 Å². The molecule has 2 N–H and O–H groups in total. The number of carbonyl (C=O) groups excluding carboxylic acids is 4. The fourth-order valence-electron chi connectivity index (χ4n) is 5.72. The van der Waals surface area contributed by atoms with Crippen LogP contribution in [0.25, 0.3) is 0 Å². The molecule has 2 aromatic carbocycles. The Kier molecular flexibility index (Phi) is 7.95. The lowest BCUT2D eigenvalue weighted by molar-refractivity contribution is -0.143. The van der Waals surface area contributed by atoms with Gasteiger partial charge in [-0.05, 0) is 48.2 Å². The fourth-order valence-corrected chi connectivity index (χ4v) is 6.30. The van der Waals surface area contributed by atoms with Gasteiger partial charge in [0.1, 0.15) is 12.4 Å². The number of carbonyl (C=O) groups is 4. The Hall–Kier alpha value is -4.04. The van der Waals surface area contributed by atoms with Gasteiger partial charge in [0.2, 0.25) is 11.5 Å². The monoisotopic (exact) mass is 587 g/mol. The highest BCUT2D eigenvalue weighted by molar-refractivity contribution is 7.72. The summed E-state index contributed by atoms with van der Waals surface area (Å²) in [7, 11) is -1.15. The molecule has 2 fully saturated rings. The van der Waals surface area contributed by atoms with E-state index in [4.69, 9.17) is 4.74 Å². The van der Waals surface area contributed by atoms with E-state index in [1.165, 1.54) is 24.1 Å². The van der Waals surface area contributed by atoms with E-state index < -0.39 is 52.6 Å². The summed E-state index contributed by atoms with van der Waals surface area (Å²) in [5, 5.41) is 5.13. The van der Waals surface area contributed by atoms with Crippen LogP contribution in [0.4, 0.5) is 19.7 Å². The molecule has 5 amide bonds. The number of urea groups is 1. The number of hydrogen-bond donors (Lipinski definition) is 3. The molecule has 2 atom stereocenters. The second-order valence-electron chi connectivity index (χ2n) is 10.3. The van der Waals surface area contributed by atoms with E-state index >= 15 is 0 Å². The van der Waals surface area contributed by atoms with Gasteiger partial charge >= 0.3 is 12.1 Å². The molecule has 3 aliphatic rings. The maximum absolute atomic E-state index is 13.7. The van der Waals surface area contributed by atoms with Crippen molar-refractivity contribution < 1.29 is 36.7 Å². The molecule has 0 saturated carbocycles. The van der Waals surface area contributed by atoms with Gasteiger partial charge in [-0.1, -0.05) is 18.2 Å². The van der Waals surface area contributed by atoms with E-state index in [0.29, 0.717) is 42.7 Å². The summed E-state index contributed by atoms with van der Waals surface area (Å²) in [5.74, 6) is -1.72. The SMILES string of the molecule is CNC(=O)Nc1ccc2c(c1)CC[C@@]21OC(=O)N(CC(=O)N(Cc2ccc(F)cc2)[C@@H]2CCN(C[SH](=O)=O)C2)C1=O. The number of benzene rings is 2. The number of anilines is 1. The van der Waals surface area contributed by atoms with Gasteiger partial charge in [0.15, 0.2) is 10.7 Å². The van der Waals surface area contributed by atoms with Crippen LogP contribution in [0.3, 0.4) is 0 Å². The van der Waals surface area contributed by atoms with Crippen molar-refractivity contribution in [2.75, 3.05) is 37.9 Å². The Balaban J connectivity index is 1.35. The van der Waals surface area contributed by atoms with Crippen molar-refractivity contribution in [3.8, 4) is 0 Å². The summed E-state index contributed by atoms with van der Waals surface area (Å²) in [6.07, 6.45) is 0.196. The van der Waals surface area contributed by atoms with Gasteiger partial charge in [-0.25, -0.2) is 27.3 Å². The number of nitrogens with one attached hydrogen (secondary N) is 2. The summed E-state index contributed by atoms with van der Waals surface area (Å²) in [5.41, 5.74) is 0.866. The first kappa shape index (κ1) is 28.5. The highest BCUT2D eigenvalue weighted by atomic mass is 32.2. The normalized spacial score (nSPS) is 21.8. The molecule has 218 valence electrons. The van der Waals surface area contributed by atoms with E-state index in [2.05, 4.69) is 10.6 Å². The van der Waals surface area contributed by atoms with E-state index in [-0.39, 0.29) is 24.9 Å². The van der Waals surface area contributed by atoms with Gasteiger partial charge in [-0.15, -0.1) is 0 Å². The number of nitrogens with zero attached hydrogens (tertiary/aromatic N) is 3. The van der Waals surface area contributed by atoms with Crippen molar-refractivity contribution >= 4 is 40.3 Å². The lowest BCUT2D eigenvalue weighted by Gasteiger charge is -2.30. The van der Waals surface area contributed by atoms with Crippen molar-refractivity contribution in [1.82, 2.24) is 20.0 Å². The molecule has 41 heavy (non-hydrogen) atoms. The van der Waals surface area contributed by atoms with Crippen LogP contribution in [-0.4, -0.2) is 85.7 Å². The van der Waals surface area contributed by atoms with Crippen LogP contribution < -0.4 is 10.6 Å². The van der Waals surface area contributed by atoms with Gasteiger partial charge in [0.25, 0.3) is 5.91 Å². The molecular formula is C27H30FN5O7S. The zero-order valence-electron chi connectivity index (χ0n) is 22.3. The van der Waals surface area contributed by atoms with Crippen LogP contribution >= 0.6 is 0 Å². The van der Waals surface area contributed by atoms with Gasteiger partial charge < -0.3 is 20.3 Å². The molecule has 1 aliphatic carbocycles. The maximum Gasteiger partial charge on any atom is 0.418 e. The molecule has 0 radical (unpaired) electrons. The lowest BCUT2D eigenvalue weighted by atomic mass is 9.94. The van der Waals surface area contributed by atoms with Gasteiger partial charge in [0.05, 0.1) is 5.88 Å². The number of hydrogen-bond acceptors (Lipinski definition) is 8. The number of rotatable bonds is 8. The standard InChI is InChI=1S/C27H30FN5O7S/c1-29-25(36)30-20-6-7-22-18(12-20)8-10-27(22)24(35)33(26(37)40-27)15-23(34)32(13-17-2-4-19(28)5-3-17)21-9-11-31(14-21)16-41(38)39/h2-7,12,21,41H,8-11,13-16H2,1H3,(H2,29,30,36)/t21-,27-/m1/s1. The molecule has 1 spiro atoms. The summed E-state index contributed by atoms with van der Waals surface area (Å²) in [6, 6.07) is 9.85. The molecule has 2 aromatic rings. The van der Waals surface area contributed by atoms with Crippen LogP contribution in [0.2, 0.25) is 0 Å². The Bertz CT molecular complexity index is 1460. The average Bonchev–Trinajstić information content (AvgIpc) is 3.61. The molecule has 0 unspecified atom stereocenters. The number of aryl methyl sites for hydroxylation is 1. The first-order chi connectivity index (χ1) is 19.6. The number of ether oxygens (including phenoxy) is 1. The predicted molar refractivity (Wildman–Crippen MR) is 145 cm³/mol. The minimum absolute atomic E-state index is 0.0906. The number of amides is 5. The number of halogens is 1. The summed E-state index contributed by atoms with van der Waals surface area (Å²) < 4.78 is 41.6. The second kappa shape index (κ2) is 11.4. The van der Waals surface area contributed by atoms with Crippen LogP contribution in [0.5, 0.6) is 0 Å². The third kappa shape index (κ3) is 5.75. The van der Waals surface area contributed by atoms with Crippen molar-refractivity contribution in [1.29, 1.82) is 0 Å². The summed E-state index contributed by atoms with van der Waals surface area (Å²) in [6.45, 7) is 0.298. The molecule has 2 aliphatic heterocycles. The third-order valence-electron chi connectivity index (χ3n) is 7.73. The molecular weight excluding hydrogens is 557 g/mol. The Morgan fingerprint density at radius 2 is 1.93 bits per heavy atom. The highest BCUT2D eigenvalue weighted by Crippen LogP contribution is 2.46. The number of thiol groups is 1. The Labute approximate surface area is 237 Å². The second-order valence-corrected chi connectivity index (χ2v) is 11.3. The Morgan fingerprint density at radius 3 is 2.63 bits per heavy atom. The molecule has 0 aromatic heterocycles.